The first-order valence-electron chi connectivity index (χ1n) is 5.23. The maximum atomic E-state index is 10.9. The topological polar surface area (TPSA) is 49.3 Å². The normalized spacial score (nSPS) is 10.0. The maximum Gasteiger partial charge on any atom is 0.337 e. The predicted octanol–water partition coefficient (Wildman–Crippen LogP) is 2.91. The average molecular weight is 207 g/mol. The van der Waals surface area contributed by atoms with Crippen LogP contribution in [0.2, 0.25) is 0 Å². The van der Waals surface area contributed by atoms with Crippen LogP contribution in [0.4, 0.5) is 5.69 Å². The van der Waals surface area contributed by atoms with Crippen molar-refractivity contribution in [1.29, 1.82) is 0 Å². The summed E-state index contributed by atoms with van der Waals surface area (Å²) in [5.74, 6) is -0.881. The second-order valence-corrected chi connectivity index (χ2v) is 3.63. The molecule has 1 aromatic carbocycles. The summed E-state index contributed by atoms with van der Waals surface area (Å²) in [6, 6.07) is 5.33. The number of hydrogen-bond donors (Lipinski definition) is 2. The molecule has 1 aromatic rings. The molecule has 82 valence electrons. The van der Waals surface area contributed by atoms with Crippen LogP contribution in [-0.4, -0.2) is 17.6 Å². The Morgan fingerprint density at radius 2 is 2.20 bits per heavy atom. The van der Waals surface area contributed by atoms with Gasteiger partial charge in [0.05, 0.1) is 5.56 Å². The monoisotopic (exact) mass is 207 g/mol. The molecule has 2 N–H and O–H groups in total. The molecule has 0 aromatic heterocycles. The molecule has 15 heavy (non-hydrogen) atoms. The fourth-order valence-corrected chi connectivity index (χ4v) is 1.39. The van der Waals surface area contributed by atoms with Crippen molar-refractivity contribution in [3.8, 4) is 0 Å². The number of carboxylic acid groups (broad SMARTS) is 1. The lowest BCUT2D eigenvalue weighted by molar-refractivity contribution is 0.0698. The summed E-state index contributed by atoms with van der Waals surface area (Å²) in [5, 5.41) is 12.1. The summed E-state index contributed by atoms with van der Waals surface area (Å²) in [6.45, 7) is 4.88. The maximum absolute atomic E-state index is 10.9. The van der Waals surface area contributed by atoms with Gasteiger partial charge in [0.25, 0.3) is 0 Å². The molecule has 0 saturated carbocycles. The lowest BCUT2D eigenvalue weighted by atomic mass is 10.1. The van der Waals surface area contributed by atoms with E-state index in [1.807, 2.05) is 19.1 Å². The van der Waals surface area contributed by atoms with Gasteiger partial charge in [-0.2, -0.15) is 0 Å². The summed E-state index contributed by atoms with van der Waals surface area (Å²) >= 11 is 0. The Morgan fingerprint density at radius 3 is 2.80 bits per heavy atom. The SMILES string of the molecule is CCCCNc1cc(C)ccc1C(=O)O. The smallest absolute Gasteiger partial charge is 0.337 e. The number of nitrogens with one attached hydrogen (secondary N) is 1. The zero-order valence-electron chi connectivity index (χ0n) is 9.21. The number of carboxylic acids is 1. The van der Waals surface area contributed by atoms with Crippen LogP contribution in [0.15, 0.2) is 18.2 Å². The Hall–Kier alpha value is -1.51. The number of unbranched alkanes of at least 4 members (excludes halogenated alkanes) is 1. The van der Waals surface area contributed by atoms with Crippen molar-refractivity contribution < 1.29 is 9.90 Å². The Balaban J connectivity index is 2.82. The number of anilines is 1. The standard InChI is InChI=1S/C12H17NO2/c1-3-4-7-13-11-8-9(2)5-6-10(11)12(14)15/h5-6,8,13H,3-4,7H2,1-2H3,(H,14,15). The summed E-state index contributed by atoms with van der Waals surface area (Å²) in [6.07, 6.45) is 2.15. The summed E-state index contributed by atoms with van der Waals surface area (Å²) in [5.41, 5.74) is 2.13. The molecule has 0 amide bonds. The van der Waals surface area contributed by atoms with E-state index in [4.69, 9.17) is 5.11 Å². The van der Waals surface area contributed by atoms with Gasteiger partial charge in [-0.15, -0.1) is 0 Å². The van der Waals surface area contributed by atoms with Gasteiger partial charge in [0.15, 0.2) is 0 Å². The van der Waals surface area contributed by atoms with Crippen molar-refractivity contribution in [1.82, 2.24) is 0 Å². The van der Waals surface area contributed by atoms with Gasteiger partial charge >= 0.3 is 5.97 Å². The third kappa shape index (κ3) is 3.27. The molecule has 0 atom stereocenters. The van der Waals surface area contributed by atoms with E-state index in [-0.39, 0.29) is 0 Å². The first-order chi connectivity index (χ1) is 7.15. The minimum Gasteiger partial charge on any atom is -0.478 e. The second-order valence-electron chi connectivity index (χ2n) is 3.63. The highest BCUT2D eigenvalue weighted by molar-refractivity contribution is 5.94. The lowest BCUT2D eigenvalue weighted by Gasteiger charge is -2.09. The van der Waals surface area contributed by atoms with Gasteiger partial charge < -0.3 is 10.4 Å². The highest BCUT2D eigenvalue weighted by atomic mass is 16.4. The van der Waals surface area contributed by atoms with E-state index < -0.39 is 5.97 Å². The van der Waals surface area contributed by atoms with Crippen LogP contribution < -0.4 is 5.32 Å². The summed E-state index contributed by atoms with van der Waals surface area (Å²) in [7, 11) is 0. The second kappa shape index (κ2) is 5.39. The third-order valence-electron chi connectivity index (χ3n) is 2.25. The number of hydrogen-bond acceptors (Lipinski definition) is 2. The van der Waals surface area contributed by atoms with Crippen molar-refractivity contribution in [3.05, 3.63) is 29.3 Å². The van der Waals surface area contributed by atoms with E-state index in [0.717, 1.165) is 30.6 Å². The van der Waals surface area contributed by atoms with Gasteiger partial charge in [0, 0.05) is 12.2 Å². The van der Waals surface area contributed by atoms with Gasteiger partial charge in [0.1, 0.15) is 0 Å². The summed E-state index contributed by atoms with van der Waals surface area (Å²) < 4.78 is 0. The molecule has 0 heterocycles. The van der Waals surface area contributed by atoms with Gasteiger partial charge in [-0.05, 0) is 31.0 Å². The predicted molar refractivity (Wildman–Crippen MR) is 61.5 cm³/mol. The number of aryl methyl sites for hydroxylation is 1. The van der Waals surface area contributed by atoms with Crippen LogP contribution in [-0.2, 0) is 0 Å². The van der Waals surface area contributed by atoms with E-state index >= 15 is 0 Å². The quantitative estimate of drug-likeness (QED) is 0.730. The van der Waals surface area contributed by atoms with Crippen LogP contribution in [0.5, 0.6) is 0 Å². The van der Waals surface area contributed by atoms with E-state index in [2.05, 4.69) is 12.2 Å². The molecule has 0 radical (unpaired) electrons. The van der Waals surface area contributed by atoms with Gasteiger partial charge in [-0.25, -0.2) is 4.79 Å². The molecule has 0 unspecified atom stereocenters. The van der Waals surface area contributed by atoms with Crippen LogP contribution in [0.3, 0.4) is 0 Å². The molecule has 0 aliphatic rings. The average Bonchev–Trinajstić information content (AvgIpc) is 2.18. The fourth-order valence-electron chi connectivity index (χ4n) is 1.39. The zero-order chi connectivity index (χ0) is 11.3. The van der Waals surface area contributed by atoms with Gasteiger partial charge in [-0.3, -0.25) is 0 Å². The molecule has 0 aliphatic heterocycles. The zero-order valence-corrected chi connectivity index (χ0v) is 9.21. The first kappa shape index (κ1) is 11.6. The molecule has 3 nitrogen and oxygen atoms in total. The number of carbonyl (C=O) groups is 1. The number of benzene rings is 1. The van der Waals surface area contributed by atoms with E-state index in [9.17, 15) is 4.79 Å². The van der Waals surface area contributed by atoms with Crippen molar-refractivity contribution in [3.63, 3.8) is 0 Å². The van der Waals surface area contributed by atoms with Crippen molar-refractivity contribution in [2.75, 3.05) is 11.9 Å². The summed E-state index contributed by atoms with van der Waals surface area (Å²) in [4.78, 5) is 10.9. The highest BCUT2D eigenvalue weighted by Gasteiger charge is 2.08. The molecule has 0 bridgehead atoms. The van der Waals surface area contributed by atoms with Gasteiger partial charge in [0.2, 0.25) is 0 Å². The molecule has 1 rings (SSSR count). The van der Waals surface area contributed by atoms with Crippen LogP contribution >= 0.6 is 0 Å². The highest BCUT2D eigenvalue weighted by Crippen LogP contribution is 2.17. The molecule has 0 aliphatic carbocycles. The molecule has 0 saturated heterocycles. The van der Waals surface area contributed by atoms with Crippen molar-refractivity contribution >= 4 is 11.7 Å². The fraction of sp³-hybridized carbons (Fsp3) is 0.417. The Labute approximate surface area is 90.1 Å². The number of rotatable bonds is 5. The third-order valence-corrected chi connectivity index (χ3v) is 2.25. The van der Waals surface area contributed by atoms with Crippen molar-refractivity contribution in [2.45, 2.75) is 26.7 Å². The molecular formula is C12H17NO2. The van der Waals surface area contributed by atoms with Gasteiger partial charge in [-0.1, -0.05) is 19.4 Å². The van der Waals surface area contributed by atoms with E-state index in [1.165, 1.54) is 0 Å². The van der Waals surface area contributed by atoms with E-state index in [1.54, 1.807) is 6.07 Å². The lowest BCUT2D eigenvalue weighted by Crippen LogP contribution is -2.07. The first-order valence-corrected chi connectivity index (χ1v) is 5.23. The minimum atomic E-state index is -0.881. The largest absolute Gasteiger partial charge is 0.478 e. The number of aromatic carboxylic acids is 1. The Kier molecular flexibility index (Phi) is 4.16. The van der Waals surface area contributed by atoms with E-state index in [0.29, 0.717) is 5.56 Å². The molecule has 0 spiro atoms. The minimum absolute atomic E-state index is 0.344. The molecule has 3 heteroatoms. The van der Waals surface area contributed by atoms with Crippen molar-refractivity contribution in [2.24, 2.45) is 0 Å². The Bertz CT molecular complexity index is 347. The van der Waals surface area contributed by atoms with Crippen LogP contribution in [0.1, 0.15) is 35.7 Å². The van der Waals surface area contributed by atoms with Crippen LogP contribution in [0.25, 0.3) is 0 Å². The Morgan fingerprint density at radius 1 is 1.47 bits per heavy atom. The van der Waals surface area contributed by atoms with Crippen LogP contribution in [0, 0.1) is 6.92 Å². The molecular weight excluding hydrogens is 190 g/mol. The molecule has 0 fully saturated rings.